The molecule has 0 saturated carbocycles. The number of nitrogens with zero attached hydrogens (tertiary/aromatic N) is 2. The molecule has 2 aliphatic heterocycles. The second-order valence-corrected chi connectivity index (χ2v) is 10.6. The van der Waals surface area contributed by atoms with Gasteiger partial charge in [-0.05, 0) is 43.9 Å². The Bertz CT molecular complexity index is 1730. The quantitative estimate of drug-likeness (QED) is 0.177. The third kappa shape index (κ3) is 5.03. The summed E-state index contributed by atoms with van der Waals surface area (Å²) in [6, 6.07) is 6.79. The molecule has 0 aromatic heterocycles. The number of hydrogen-bond donors (Lipinski definition) is 6. The van der Waals surface area contributed by atoms with Crippen LogP contribution in [-0.2, 0) is 29.5 Å². The van der Waals surface area contributed by atoms with Gasteiger partial charge in [0, 0.05) is 34.4 Å². The Hall–Kier alpha value is -5.67. The number of carboxylic acids is 4. The van der Waals surface area contributed by atoms with E-state index in [1.165, 1.54) is 55.6 Å². The number of phenolic OH excluding ortho intramolecular Hbond substituents is 2. The lowest BCUT2D eigenvalue weighted by atomic mass is 9.75. The van der Waals surface area contributed by atoms with Crippen LogP contribution in [-0.4, -0.2) is 97.5 Å². The van der Waals surface area contributed by atoms with Gasteiger partial charge in [-0.15, -0.1) is 0 Å². The zero-order valence-corrected chi connectivity index (χ0v) is 23.6. The zero-order valence-electron chi connectivity index (χ0n) is 23.6. The average Bonchev–Trinajstić information content (AvgIpc) is 3.20. The molecule has 3 aromatic carbocycles. The Morgan fingerprint density at radius 3 is 1.67 bits per heavy atom. The summed E-state index contributed by atoms with van der Waals surface area (Å²) in [5.74, 6) is -7.45. The van der Waals surface area contributed by atoms with E-state index in [0.29, 0.717) is 0 Å². The number of phenols is 2. The van der Waals surface area contributed by atoms with E-state index in [1.54, 1.807) is 0 Å². The molecule has 1 spiro atoms. The smallest absolute Gasteiger partial charge is 0.340 e. The van der Waals surface area contributed by atoms with Crippen LogP contribution in [0.3, 0.4) is 0 Å². The molecule has 0 radical (unpaired) electrons. The van der Waals surface area contributed by atoms with E-state index in [9.17, 15) is 54.6 Å². The fourth-order valence-electron chi connectivity index (χ4n) is 6.06. The average molecular weight is 623 g/mol. The van der Waals surface area contributed by atoms with Gasteiger partial charge >= 0.3 is 29.8 Å². The van der Waals surface area contributed by atoms with E-state index in [-0.39, 0.29) is 50.8 Å². The normalized spacial score (nSPS) is 15.4. The molecule has 15 heteroatoms. The van der Waals surface area contributed by atoms with Crippen LogP contribution in [0.4, 0.5) is 0 Å². The number of fused-ring (bicyclic) bond motifs is 6. The number of carbonyl (C=O) groups is 5. The highest BCUT2D eigenvalue weighted by molar-refractivity contribution is 6.01. The lowest BCUT2D eigenvalue weighted by Gasteiger charge is -2.37. The summed E-state index contributed by atoms with van der Waals surface area (Å²) >= 11 is 0. The van der Waals surface area contributed by atoms with Gasteiger partial charge in [0.2, 0.25) is 0 Å². The number of rotatable bonds is 10. The first-order valence-corrected chi connectivity index (χ1v) is 13.2. The molecule has 0 fully saturated rings. The molecular formula is C30H26N2O13. The number of benzene rings is 3. The second-order valence-electron chi connectivity index (χ2n) is 10.6. The van der Waals surface area contributed by atoms with Crippen molar-refractivity contribution in [1.29, 1.82) is 0 Å². The minimum absolute atomic E-state index is 0.0294. The van der Waals surface area contributed by atoms with Gasteiger partial charge in [-0.1, -0.05) is 12.1 Å². The van der Waals surface area contributed by atoms with Crippen LogP contribution in [0.2, 0.25) is 0 Å². The maximum Gasteiger partial charge on any atom is 0.340 e. The predicted molar refractivity (Wildman–Crippen MR) is 149 cm³/mol. The standard InChI is InChI=1S/C30H26N2O13/c1-31(11-21(35)36)25(27(39)40)15-5-8-18-24(23(15)26(28(41)42)32(2)12-22(37)38)29(43)45-30(18)16-6-3-13(33)9-19(16)44-20-10-14(34)4-7-17(20)30/h3-10,25-26,33-34H,11-12H2,1-2H3,(H,35,36)(H,37,38)(H,39,40)(H,41,42). The fraction of sp³-hybridized carbons (Fsp3) is 0.233. The van der Waals surface area contributed by atoms with Gasteiger partial charge in [0.15, 0.2) is 5.60 Å². The Morgan fingerprint density at radius 2 is 1.20 bits per heavy atom. The predicted octanol–water partition coefficient (Wildman–Crippen LogP) is 1.95. The summed E-state index contributed by atoms with van der Waals surface area (Å²) in [5.41, 5.74) is -2.50. The van der Waals surface area contributed by atoms with Gasteiger partial charge in [0.25, 0.3) is 0 Å². The van der Waals surface area contributed by atoms with Gasteiger partial charge in [0.1, 0.15) is 35.1 Å². The van der Waals surface area contributed by atoms with Crippen molar-refractivity contribution in [3.63, 3.8) is 0 Å². The maximum absolute atomic E-state index is 14.0. The number of likely N-dealkylation sites (N-methyl/N-ethyl adjacent to an activating group) is 2. The third-order valence-electron chi connectivity index (χ3n) is 7.70. The molecule has 15 nitrogen and oxygen atoms in total. The maximum atomic E-state index is 14.0. The Balaban J connectivity index is 1.90. The molecular weight excluding hydrogens is 596 g/mol. The van der Waals surface area contributed by atoms with Gasteiger partial charge in [-0.2, -0.15) is 0 Å². The Labute approximate surface area is 253 Å². The summed E-state index contributed by atoms with van der Waals surface area (Å²) < 4.78 is 12.0. The van der Waals surface area contributed by atoms with Crippen molar-refractivity contribution in [2.45, 2.75) is 17.7 Å². The van der Waals surface area contributed by atoms with Gasteiger partial charge in [-0.25, -0.2) is 4.79 Å². The van der Waals surface area contributed by atoms with E-state index < -0.39 is 66.2 Å². The minimum Gasteiger partial charge on any atom is -0.508 e. The van der Waals surface area contributed by atoms with Crippen LogP contribution in [0.5, 0.6) is 23.0 Å². The molecule has 45 heavy (non-hydrogen) atoms. The lowest BCUT2D eigenvalue weighted by molar-refractivity contribution is -0.148. The molecule has 6 N–H and O–H groups in total. The summed E-state index contributed by atoms with van der Waals surface area (Å²) in [5, 5.41) is 59.9. The van der Waals surface area contributed by atoms with Gasteiger partial charge < -0.3 is 40.1 Å². The first kappa shape index (κ1) is 30.8. The van der Waals surface area contributed by atoms with E-state index in [0.717, 1.165) is 16.8 Å². The Morgan fingerprint density at radius 1 is 0.733 bits per heavy atom. The summed E-state index contributed by atoms with van der Waals surface area (Å²) in [7, 11) is 2.35. The molecule has 3 aromatic rings. The van der Waals surface area contributed by atoms with Crippen molar-refractivity contribution in [2.75, 3.05) is 27.2 Å². The molecule has 0 bridgehead atoms. The first-order chi connectivity index (χ1) is 21.2. The van der Waals surface area contributed by atoms with Crippen molar-refractivity contribution in [2.24, 2.45) is 0 Å². The molecule has 2 aliphatic rings. The largest absolute Gasteiger partial charge is 0.508 e. The molecule has 234 valence electrons. The van der Waals surface area contributed by atoms with Crippen molar-refractivity contribution >= 4 is 29.8 Å². The first-order valence-electron chi connectivity index (χ1n) is 13.2. The molecule has 2 unspecified atom stereocenters. The Kier molecular flexibility index (Phi) is 7.60. The molecule has 0 aliphatic carbocycles. The summed E-state index contributed by atoms with van der Waals surface area (Å²) in [4.78, 5) is 64.5. The second kappa shape index (κ2) is 11.1. The topological polar surface area (TPSA) is 232 Å². The number of esters is 1. The van der Waals surface area contributed by atoms with Crippen LogP contribution in [0.15, 0.2) is 48.5 Å². The SMILES string of the molecule is CN(CC(=O)O)C(C(=O)O)c1ccc2c(c1C(C(=O)O)N(C)CC(=O)O)C(=O)OC21c2ccc(O)cc2Oc2cc(O)ccc21. The van der Waals surface area contributed by atoms with Crippen LogP contribution >= 0.6 is 0 Å². The molecule has 2 heterocycles. The highest BCUT2D eigenvalue weighted by atomic mass is 16.6. The van der Waals surface area contributed by atoms with Crippen molar-refractivity contribution in [3.8, 4) is 23.0 Å². The molecule has 5 rings (SSSR count). The third-order valence-corrected chi connectivity index (χ3v) is 7.70. The van der Waals surface area contributed by atoms with Crippen molar-refractivity contribution in [1.82, 2.24) is 9.80 Å². The fourth-order valence-corrected chi connectivity index (χ4v) is 6.06. The van der Waals surface area contributed by atoms with E-state index in [2.05, 4.69) is 0 Å². The van der Waals surface area contributed by atoms with Gasteiger partial charge in [-0.3, -0.25) is 29.0 Å². The van der Waals surface area contributed by atoms with Crippen LogP contribution in [0.25, 0.3) is 0 Å². The highest BCUT2D eigenvalue weighted by Gasteiger charge is 2.56. The number of hydrogen-bond acceptors (Lipinski definition) is 11. The van der Waals surface area contributed by atoms with Crippen LogP contribution in [0, 0.1) is 0 Å². The van der Waals surface area contributed by atoms with Crippen LogP contribution < -0.4 is 4.74 Å². The highest BCUT2D eigenvalue weighted by Crippen LogP contribution is 2.58. The van der Waals surface area contributed by atoms with Gasteiger partial charge in [0.05, 0.1) is 18.7 Å². The van der Waals surface area contributed by atoms with Crippen molar-refractivity contribution < 1.29 is 64.1 Å². The minimum atomic E-state index is -1.92. The number of carbonyl (C=O) groups excluding carboxylic acids is 1. The summed E-state index contributed by atoms with van der Waals surface area (Å²) in [6.07, 6.45) is 0. The lowest BCUT2D eigenvalue weighted by Crippen LogP contribution is -2.39. The number of aliphatic carboxylic acids is 4. The monoisotopic (exact) mass is 622 g/mol. The number of carboxylic acid groups (broad SMARTS) is 4. The summed E-state index contributed by atoms with van der Waals surface area (Å²) in [6.45, 7) is -1.61. The molecule has 2 atom stereocenters. The molecule has 0 amide bonds. The van der Waals surface area contributed by atoms with Crippen molar-refractivity contribution in [3.05, 3.63) is 81.9 Å². The number of aromatic hydroxyl groups is 2. The molecule has 0 saturated heterocycles. The number of ether oxygens (including phenoxy) is 2. The van der Waals surface area contributed by atoms with E-state index in [4.69, 9.17) is 9.47 Å². The van der Waals surface area contributed by atoms with E-state index >= 15 is 0 Å². The van der Waals surface area contributed by atoms with E-state index in [1.807, 2.05) is 0 Å². The van der Waals surface area contributed by atoms with Crippen LogP contribution in [0.1, 0.15) is 50.3 Å². The zero-order chi connectivity index (χ0) is 33.0.